The van der Waals surface area contributed by atoms with E-state index in [-0.39, 0.29) is 0 Å². The minimum absolute atomic E-state index is 0.325. The van der Waals surface area contributed by atoms with Gasteiger partial charge in [-0.15, -0.1) is 0 Å². The van der Waals surface area contributed by atoms with Gasteiger partial charge in [0.15, 0.2) is 0 Å². The summed E-state index contributed by atoms with van der Waals surface area (Å²) in [6.45, 7) is 0. The van der Waals surface area contributed by atoms with Crippen LogP contribution in [0.3, 0.4) is 0 Å². The standard InChI is InChI=1S/C15H12ClNSe/c1-17-10-15(13-4-2-3-5-14(13)17)18-12-8-6-11(16)7-9-12/h2-10H,1H3. The van der Waals surface area contributed by atoms with Crippen LogP contribution >= 0.6 is 11.6 Å². The summed E-state index contributed by atoms with van der Waals surface area (Å²) < 4.78 is 4.97. The number of hydrogen-bond acceptors (Lipinski definition) is 0. The Labute approximate surface area is 118 Å². The average molecular weight is 321 g/mol. The Bertz CT molecular complexity index is 685. The van der Waals surface area contributed by atoms with Crippen LogP contribution in [0.2, 0.25) is 5.02 Å². The number of halogens is 1. The molecular weight excluding hydrogens is 309 g/mol. The van der Waals surface area contributed by atoms with Gasteiger partial charge in [-0.25, -0.2) is 0 Å². The van der Waals surface area contributed by atoms with Gasteiger partial charge in [0.2, 0.25) is 0 Å². The Kier molecular flexibility index (Phi) is 3.17. The molecule has 0 spiro atoms. The molecule has 90 valence electrons. The molecule has 1 heterocycles. The second kappa shape index (κ2) is 4.81. The zero-order valence-electron chi connectivity index (χ0n) is 9.93. The van der Waals surface area contributed by atoms with Crippen molar-refractivity contribution in [2.45, 2.75) is 0 Å². The molecule has 0 unspecified atom stereocenters. The quantitative estimate of drug-likeness (QED) is 0.639. The molecule has 3 rings (SSSR count). The number of aromatic nitrogens is 1. The van der Waals surface area contributed by atoms with Crippen molar-refractivity contribution < 1.29 is 0 Å². The molecule has 0 aliphatic rings. The van der Waals surface area contributed by atoms with Crippen molar-refractivity contribution in [3.63, 3.8) is 0 Å². The molecule has 3 heteroatoms. The van der Waals surface area contributed by atoms with E-state index in [0.29, 0.717) is 15.0 Å². The number of fused-ring (bicyclic) bond motifs is 1. The van der Waals surface area contributed by atoms with E-state index in [4.69, 9.17) is 11.6 Å². The summed E-state index contributed by atoms with van der Waals surface area (Å²) >= 11 is 6.24. The van der Waals surface area contributed by atoms with Crippen molar-refractivity contribution in [2.24, 2.45) is 7.05 Å². The van der Waals surface area contributed by atoms with Crippen molar-refractivity contribution in [1.82, 2.24) is 4.57 Å². The fraction of sp³-hybridized carbons (Fsp3) is 0.0667. The van der Waals surface area contributed by atoms with Crippen LogP contribution in [0.4, 0.5) is 0 Å². The molecule has 2 aromatic carbocycles. The van der Waals surface area contributed by atoms with Crippen LogP contribution in [0.1, 0.15) is 0 Å². The van der Waals surface area contributed by atoms with Crippen LogP contribution in [0, 0.1) is 0 Å². The van der Waals surface area contributed by atoms with E-state index in [1.807, 2.05) is 12.1 Å². The molecule has 0 radical (unpaired) electrons. The number of rotatable bonds is 2. The molecule has 0 atom stereocenters. The zero-order valence-corrected chi connectivity index (χ0v) is 12.4. The zero-order chi connectivity index (χ0) is 12.5. The second-order valence-electron chi connectivity index (χ2n) is 4.18. The molecule has 0 fully saturated rings. The first-order valence-corrected chi connectivity index (χ1v) is 7.80. The van der Waals surface area contributed by atoms with Gasteiger partial charge in [0.1, 0.15) is 0 Å². The van der Waals surface area contributed by atoms with Crippen molar-refractivity contribution in [2.75, 3.05) is 0 Å². The molecule has 0 aliphatic carbocycles. The Balaban J connectivity index is 2.02. The van der Waals surface area contributed by atoms with Gasteiger partial charge < -0.3 is 0 Å². The van der Waals surface area contributed by atoms with Crippen molar-refractivity contribution >= 4 is 46.4 Å². The van der Waals surface area contributed by atoms with Crippen molar-refractivity contribution in [3.8, 4) is 0 Å². The maximum atomic E-state index is 5.92. The predicted octanol–water partition coefficient (Wildman–Crippen LogP) is 2.49. The van der Waals surface area contributed by atoms with Gasteiger partial charge in [0, 0.05) is 0 Å². The van der Waals surface area contributed by atoms with Crippen molar-refractivity contribution in [1.29, 1.82) is 0 Å². The third-order valence-electron chi connectivity index (χ3n) is 2.90. The van der Waals surface area contributed by atoms with Crippen LogP contribution in [0.5, 0.6) is 0 Å². The van der Waals surface area contributed by atoms with Gasteiger partial charge in [-0.05, 0) is 0 Å². The average Bonchev–Trinajstić information content (AvgIpc) is 2.70. The summed E-state index contributed by atoms with van der Waals surface area (Å²) in [6, 6.07) is 16.7. The third-order valence-corrected chi connectivity index (χ3v) is 5.36. The van der Waals surface area contributed by atoms with E-state index in [1.165, 1.54) is 19.8 Å². The molecular formula is C15H12ClNSe. The van der Waals surface area contributed by atoms with E-state index < -0.39 is 0 Å². The fourth-order valence-corrected chi connectivity index (χ4v) is 4.28. The first-order valence-electron chi connectivity index (χ1n) is 5.71. The minimum atomic E-state index is 0.325. The topological polar surface area (TPSA) is 4.93 Å². The summed E-state index contributed by atoms with van der Waals surface area (Å²) in [4.78, 5) is 0. The van der Waals surface area contributed by atoms with Gasteiger partial charge in [-0.3, -0.25) is 0 Å². The summed E-state index contributed by atoms with van der Waals surface area (Å²) in [6.07, 6.45) is 2.24. The first-order chi connectivity index (χ1) is 8.74. The Morgan fingerprint density at radius 1 is 1.00 bits per heavy atom. The number of benzene rings is 2. The number of aryl methyl sites for hydroxylation is 1. The molecule has 0 aliphatic heterocycles. The van der Waals surface area contributed by atoms with E-state index in [1.54, 1.807) is 0 Å². The molecule has 18 heavy (non-hydrogen) atoms. The summed E-state index contributed by atoms with van der Waals surface area (Å²) in [5.41, 5.74) is 1.29. The predicted molar refractivity (Wildman–Crippen MR) is 79.4 cm³/mol. The summed E-state index contributed by atoms with van der Waals surface area (Å²) in [7, 11) is 2.10. The van der Waals surface area contributed by atoms with Crippen LogP contribution in [0.25, 0.3) is 10.9 Å². The number of nitrogens with zero attached hydrogens (tertiary/aromatic N) is 1. The molecule has 0 saturated heterocycles. The Morgan fingerprint density at radius 2 is 1.72 bits per heavy atom. The van der Waals surface area contributed by atoms with Crippen LogP contribution in [-0.2, 0) is 7.05 Å². The molecule has 0 amide bonds. The molecule has 0 saturated carbocycles. The Hall–Kier alpha value is -1.21. The molecule has 1 aromatic heterocycles. The van der Waals surface area contributed by atoms with Gasteiger partial charge in [0.05, 0.1) is 0 Å². The summed E-state index contributed by atoms with van der Waals surface area (Å²) in [5, 5.41) is 2.16. The van der Waals surface area contributed by atoms with Crippen LogP contribution in [-0.4, -0.2) is 19.5 Å². The molecule has 0 N–H and O–H groups in total. The van der Waals surface area contributed by atoms with Crippen molar-refractivity contribution in [3.05, 3.63) is 59.8 Å². The van der Waals surface area contributed by atoms with E-state index in [0.717, 1.165) is 5.02 Å². The van der Waals surface area contributed by atoms with Gasteiger partial charge in [-0.1, -0.05) is 0 Å². The number of hydrogen-bond donors (Lipinski definition) is 0. The Morgan fingerprint density at radius 3 is 2.50 bits per heavy atom. The van der Waals surface area contributed by atoms with Gasteiger partial charge in [-0.2, -0.15) is 0 Å². The number of para-hydroxylation sites is 1. The monoisotopic (exact) mass is 321 g/mol. The maximum absolute atomic E-state index is 5.92. The molecule has 0 bridgehead atoms. The van der Waals surface area contributed by atoms with E-state index >= 15 is 0 Å². The van der Waals surface area contributed by atoms with E-state index in [9.17, 15) is 0 Å². The summed E-state index contributed by atoms with van der Waals surface area (Å²) in [5.74, 6) is 0. The molecule has 1 nitrogen and oxygen atoms in total. The third kappa shape index (κ3) is 2.20. The SMILES string of the molecule is Cn1cc([Se]c2ccc(Cl)cc2)c2ccccc21. The van der Waals surface area contributed by atoms with Gasteiger partial charge in [0.25, 0.3) is 0 Å². The normalized spacial score (nSPS) is 11.0. The molecule has 3 aromatic rings. The fourth-order valence-electron chi connectivity index (χ4n) is 2.02. The first kappa shape index (κ1) is 11.9. The van der Waals surface area contributed by atoms with E-state index in [2.05, 4.69) is 54.2 Å². The van der Waals surface area contributed by atoms with Gasteiger partial charge >= 0.3 is 118 Å². The van der Waals surface area contributed by atoms with Crippen LogP contribution < -0.4 is 8.92 Å². The van der Waals surface area contributed by atoms with Crippen LogP contribution in [0.15, 0.2) is 54.7 Å². The second-order valence-corrected chi connectivity index (χ2v) is 6.95.